The van der Waals surface area contributed by atoms with Crippen LogP contribution in [-0.4, -0.2) is 87.6 Å². The molecule has 0 radical (unpaired) electrons. The van der Waals surface area contributed by atoms with E-state index in [2.05, 4.69) is 5.32 Å². The topological polar surface area (TPSA) is 122 Å². The summed E-state index contributed by atoms with van der Waals surface area (Å²) in [5.74, 6) is 0.576. The molecule has 1 aliphatic carbocycles. The first-order chi connectivity index (χ1) is 10.5. The first-order valence-electron chi connectivity index (χ1n) is 7.40. The highest BCUT2D eigenvalue weighted by Gasteiger charge is 2.47. The van der Waals surface area contributed by atoms with Crippen LogP contribution >= 0.6 is 11.6 Å². The van der Waals surface area contributed by atoms with Crippen LogP contribution in [0.4, 0.5) is 4.79 Å². The van der Waals surface area contributed by atoms with Gasteiger partial charge in [-0.3, -0.25) is 4.90 Å². The zero-order chi connectivity index (χ0) is 16.3. The average Bonchev–Trinajstić information content (AvgIpc) is 3.33. The van der Waals surface area contributed by atoms with Crippen molar-refractivity contribution >= 4 is 17.6 Å². The van der Waals surface area contributed by atoms with Crippen LogP contribution < -0.4 is 5.32 Å². The predicted molar refractivity (Wildman–Crippen MR) is 77.3 cm³/mol. The molecule has 22 heavy (non-hydrogen) atoms. The van der Waals surface area contributed by atoms with Gasteiger partial charge in [0.2, 0.25) is 0 Å². The van der Waals surface area contributed by atoms with E-state index in [-0.39, 0.29) is 12.4 Å². The van der Waals surface area contributed by atoms with E-state index in [0.29, 0.717) is 12.5 Å². The van der Waals surface area contributed by atoms with E-state index in [0.717, 1.165) is 12.8 Å². The first kappa shape index (κ1) is 17.7. The lowest BCUT2D eigenvalue weighted by molar-refractivity contribution is -0.257. The zero-order valence-electron chi connectivity index (χ0n) is 12.1. The molecular formula is C13H23ClN2O6. The van der Waals surface area contributed by atoms with Gasteiger partial charge in [0.1, 0.15) is 24.4 Å². The molecule has 2 fully saturated rings. The molecule has 1 saturated heterocycles. The second-order valence-electron chi connectivity index (χ2n) is 5.74. The molecule has 2 aliphatic rings. The van der Waals surface area contributed by atoms with Crippen molar-refractivity contribution in [2.45, 2.75) is 43.5 Å². The number of aliphatic hydroxyl groups excluding tert-OH is 4. The molecule has 1 heterocycles. The van der Waals surface area contributed by atoms with Gasteiger partial charge in [0, 0.05) is 19.0 Å². The largest absolute Gasteiger partial charge is 0.394 e. The summed E-state index contributed by atoms with van der Waals surface area (Å²) < 4.78 is 5.44. The van der Waals surface area contributed by atoms with Crippen molar-refractivity contribution in [1.29, 1.82) is 0 Å². The summed E-state index contributed by atoms with van der Waals surface area (Å²) >= 11 is 5.55. The molecule has 0 unspecified atom stereocenters. The molecule has 0 spiro atoms. The monoisotopic (exact) mass is 338 g/mol. The summed E-state index contributed by atoms with van der Waals surface area (Å²) in [7, 11) is 0. The quantitative estimate of drug-likeness (QED) is 0.374. The van der Waals surface area contributed by atoms with Crippen molar-refractivity contribution in [3.63, 3.8) is 0 Å². The highest BCUT2D eigenvalue weighted by molar-refractivity contribution is 6.18. The number of carbonyl (C=O) groups is 1. The van der Waals surface area contributed by atoms with Gasteiger partial charge in [0.25, 0.3) is 0 Å². The minimum Gasteiger partial charge on any atom is -0.394 e. The molecule has 8 nitrogen and oxygen atoms in total. The summed E-state index contributed by atoms with van der Waals surface area (Å²) in [5, 5.41) is 41.6. The SMILES string of the molecule is O=C(NCCCl)N(CC1CC1)[C@@H]1O[C@H](CO)[C@H](O)[C@H](O)[C@H]1O. The maximum atomic E-state index is 12.3. The predicted octanol–water partition coefficient (Wildman–Crippen LogP) is -1.55. The minimum atomic E-state index is -1.50. The van der Waals surface area contributed by atoms with E-state index < -0.39 is 43.3 Å². The Morgan fingerprint density at radius 2 is 1.91 bits per heavy atom. The second kappa shape index (κ2) is 7.76. The van der Waals surface area contributed by atoms with Crippen molar-refractivity contribution < 1.29 is 30.0 Å². The number of amides is 2. The Labute approximate surface area is 133 Å². The first-order valence-corrected chi connectivity index (χ1v) is 7.94. The Morgan fingerprint density at radius 1 is 1.23 bits per heavy atom. The number of nitrogens with one attached hydrogen (secondary N) is 1. The molecule has 128 valence electrons. The number of alkyl halides is 1. The van der Waals surface area contributed by atoms with Gasteiger partial charge in [-0.1, -0.05) is 0 Å². The molecule has 5 atom stereocenters. The fourth-order valence-corrected chi connectivity index (χ4v) is 2.57. The number of aliphatic hydroxyl groups is 4. The van der Waals surface area contributed by atoms with Crippen LogP contribution in [0.5, 0.6) is 0 Å². The number of ether oxygens (including phenoxy) is 1. The molecule has 0 aromatic carbocycles. The molecule has 0 aromatic heterocycles. The summed E-state index contributed by atoms with van der Waals surface area (Å²) in [4.78, 5) is 13.6. The van der Waals surface area contributed by atoms with Crippen LogP contribution in [0.3, 0.4) is 0 Å². The number of hydrogen-bond acceptors (Lipinski definition) is 6. The minimum absolute atomic E-state index is 0.248. The molecule has 1 aliphatic heterocycles. The normalized spacial score (nSPS) is 35.2. The third kappa shape index (κ3) is 4.01. The van der Waals surface area contributed by atoms with Gasteiger partial charge in [-0.15, -0.1) is 11.6 Å². The van der Waals surface area contributed by atoms with Crippen LogP contribution in [0, 0.1) is 5.92 Å². The summed E-state index contributed by atoms with van der Waals surface area (Å²) in [6, 6.07) is -0.461. The molecule has 0 bridgehead atoms. The number of nitrogens with zero attached hydrogens (tertiary/aromatic N) is 1. The summed E-state index contributed by atoms with van der Waals surface area (Å²) in [5.41, 5.74) is 0. The van der Waals surface area contributed by atoms with E-state index in [9.17, 15) is 25.2 Å². The van der Waals surface area contributed by atoms with E-state index in [1.54, 1.807) is 0 Å². The second-order valence-corrected chi connectivity index (χ2v) is 6.11. The van der Waals surface area contributed by atoms with Crippen molar-refractivity contribution in [2.24, 2.45) is 5.92 Å². The number of hydrogen-bond donors (Lipinski definition) is 5. The number of halogens is 1. The summed E-state index contributed by atoms with van der Waals surface area (Å²) in [6.45, 7) is 0.109. The molecule has 2 amide bonds. The lowest BCUT2D eigenvalue weighted by Gasteiger charge is -2.44. The molecular weight excluding hydrogens is 316 g/mol. The fourth-order valence-electron chi connectivity index (χ4n) is 2.48. The van der Waals surface area contributed by atoms with Crippen LogP contribution in [-0.2, 0) is 4.74 Å². The van der Waals surface area contributed by atoms with Gasteiger partial charge in [0.15, 0.2) is 6.23 Å². The number of rotatable bonds is 6. The van der Waals surface area contributed by atoms with Gasteiger partial charge < -0.3 is 30.5 Å². The van der Waals surface area contributed by atoms with E-state index in [1.165, 1.54) is 4.90 Å². The maximum Gasteiger partial charge on any atom is 0.319 e. The van der Waals surface area contributed by atoms with E-state index in [4.69, 9.17) is 16.3 Å². The van der Waals surface area contributed by atoms with Gasteiger partial charge >= 0.3 is 6.03 Å². The Bertz CT molecular complexity index is 382. The fraction of sp³-hybridized carbons (Fsp3) is 0.923. The molecule has 1 saturated carbocycles. The Hall–Kier alpha value is -0.640. The summed E-state index contributed by atoms with van der Waals surface area (Å²) in [6.07, 6.45) is -4.60. The van der Waals surface area contributed by atoms with Crippen molar-refractivity contribution in [1.82, 2.24) is 10.2 Å². The van der Waals surface area contributed by atoms with Gasteiger partial charge in [-0.05, 0) is 18.8 Å². The highest BCUT2D eigenvalue weighted by Crippen LogP contribution is 2.32. The van der Waals surface area contributed by atoms with Crippen molar-refractivity contribution in [3.8, 4) is 0 Å². The average molecular weight is 339 g/mol. The van der Waals surface area contributed by atoms with Crippen molar-refractivity contribution in [3.05, 3.63) is 0 Å². The van der Waals surface area contributed by atoms with Crippen LogP contribution in [0.15, 0.2) is 0 Å². The zero-order valence-corrected chi connectivity index (χ0v) is 12.9. The van der Waals surface area contributed by atoms with Crippen LogP contribution in [0.1, 0.15) is 12.8 Å². The van der Waals surface area contributed by atoms with Gasteiger partial charge in [0.05, 0.1) is 6.61 Å². The third-order valence-electron chi connectivity index (χ3n) is 3.96. The van der Waals surface area contributed by atoms with Crippen LogP contribution in [0.25, 0.3) is 0 Å². The Kier molecular flexibility index (Phi) is 6.25. The van der Waals surface area contributed by atoms with E-state index in [1.807, 2.05) is 0 Å². The van der Waals surface area contributed by atoms with Crippen LogP contribution in [0.2, 0.25) is 0 Å². The van der Waals surface area contributed by atoms with Crippen molar-refractivity contribution in [2.75, 3.05) is 25.6 Å². The molecule has 5 N–H and O–H groups in total. The Balaban J connectivity index is 2.11. The molecule has 0 aromatic rings. The number of urea groups is 1. The highest BCUT2D eigenvalue weighted by atomic mass is 35.5. The smallest absolute Gasteiger partial charge is 0.319 e. The lowest BCUT2D eigenvalue weighted by atomic mass is 9.97. The standard InChI is InChI=1S/C13H23ClN2O6/c14-3-4-15-13(21)16(5-7-1-2-7)12-11(20)10(19)9(18)8(6-17)22-12/h7-12,17-20H,1-6H2,(H,15,21)/t8-,9+,10+,11-,12-/m1/s1. The third-order valence-corrected chi connectivity index (χ3v) is 4.15. The van der Waals surface area contributed by atoms with Gasteiger partial charge in [-0.2, -0.15) is 0 Å². The molecule has 2 rings (SSSR count). The van der Waals surface area contributed by atoms with Gasteiger partial charge in [-0.25, -0.2) is 4.79 Å². The molecule has 9 heteroatoms. The van der Waals surface area contributed by atoms with E-state index >= 15 is 0 Å². The lowest BCUT2D eigenvalue weighted by Crippen LogP contribution is -2.65. The maximum absolute atomic E-state index is 12.3. The Morgan fingerprint density at radius 3 is 2.45 bits per heavy atom. The number of carbonyl (C=O) groups excluding carboxylic acids is 1.